The van der Waals surface area contributed by atoms with E-state index in [0.717, 1.165) is 6.42 Å². The number of hydrogen-bond acceptors (Lipinski definition) is 9. The number of hydrogen-bond donors (Lipinski definition) is 1. The minimum atomic E-state index is -1.81. The number of aliphatic hydroxyl groups is 1. The minimum Gasteiger partial charge on any atom is -0.466 e. The number of aliphatic imine (C=N–C) groups is 1. The monoisotopic (exact) mass is 358 g/mol. The van der Waals surface area contributed by atoms with Gasteiger partial charge < -0.3 is 19.3 Å². The van der Waals surface area contributed by atoms with E-state index in [1.807, 2.05) is 0 Å². The zero-order valence-electron chi connectivity index (χ0n) is 14.9. The summed E-state index contributed by atoms with van der Waals surface area (Å²) in [5, 5.41) is 10.4. The lowest BCUT2D eigenvalue weighted by atomic mass is 9.78. The number of nitrogens with zero attached hydrogens (tertiary/aromatic N) is 2. The number of ether oxygens (including phenoxy) is 3. The fraction of sp³-hybridized carbons (Fsp3) is 0.812. The summed E-state index contributed by atoms with van der Waals surface area (Å²) in [4.78, 5) is 34.5. The van der Waals surface area contributed by atoms with Crippen molar-refractivity contribution in [2.24, 2.45) is 4.99 Å². The van der Waals surface area contributed by atoms with Gasteiger partial charge in [0.15, 0.2) is 5.84 Å². The number of rotatable bonds is 9. The molecular formula is C16H26N2O7. The molecule has 25 heavy (non-hydrogen) atoms. The van der Waals surface area contributed by atoms with E-state index in [0.29, 0.717) is 18.7 Å². The Kier molecular flexibility index (Phi) is 6.36. The van der Waals surface area contributed by atoms with Crippen molar-refractivity contribution in [2.75, 3.05) is 33.5 Å². The van der Waals surface area contributed by atoms with E-state index in [-0.39, 0.29) is 32.8 Å². The van der Waals surface area contributed by atoms with Gasteiger partial charge in [0.05, 0.1) is 26.4 Å². The highest BCUT2D eigenvalue weighted by Crippen LogP contribution is 2.42. The van der Waals surface area contributed by atoms with Gasteiger partial charge >= 0.3 is 11.9 Å². The van der Waals surface area contributed by atoms with Crippen molar-refractivity contribution in [3.05, 3.63) is 0 Å². The van der Waals surface area contributed by atoms with Gasteiger partial charge in [-0.1, -0.05) is 0 Å². The molecule has 1 unspecified atom stereocenters. The number of aliphatic hydroxyl groups excluding tert-OH is 1. The average Bonchev–Trinajstić information content (AvgIpc) is 2.85. The molecule has 0 spiro atoms. The van der Waals surface area contributed by atoms with E-state index in [2.05, 4.69) is 4.99 Å². The zero-order chi connectivity index (χ0) is 18.5. The number of carbonyl (C=O) groups is 2. The van der Waals surface area contributed by atoms with Crippen LogP contribution in [-0.2, 0) is 28.6 Å². The van der Waals surface area contributed by atoms with Crippen LogP contribution in [0.5, 0.6) is 0 Å². The smallest absolute Gasteiger partial charge is 0.364 e. The Balaban J connectivity index is 2.31. The number of esters is 2. The first kappa shape index (κ1) is 19.6. The Morgan fingerprint density at radius 3 is 2.48 bits per heavy atom. The van der Waals surface area contributed by atoms with Gasteiger partial charge in [-0.25, -0.2) is 19.7 Å². The minimum absolute atomic E-state index is 0.120. The lowest BCUT2D eigenvalue weighted by Crippen LogP contribution is -2.52. The lowest BCUT2D eigenvalue weighted by molar-refractivity contribution is -0.210. The zero-order valence-corrected chi connectivity index (χ0v) is 14.9. The largest absolute Gasteiger partial charge is 0.466 e. The maximum Gasteiger partial charge on any atom is 0.364 e. The van der Waals surface area contributed by atoms with Crippen molar-refractivity contribution < 1.29 is 33.7 Å². The highest BCUT2D eigenvalue weighted by molar-refractivity contribution is 5.97. The van der Waals surface area contributed by atoms with Crippen molar-refractivity contribution in [1.29, 1.82) is 0 Å². The molecule has 1 aliphatic carbocycles. The van der Waals surface area contributed by atoms with Gasteiger partial charge in [-0.05, 0) is 33.1 Å². The van der Waals surface area contributed by atoms with Gasteiger partial charge in [-0.2, -0.15) is 0 Å². The van der Waals surface area contributed by atoms with Crippen LogP contribution in [0.4, 0.5) is 0 Å². The molecular weight excluding hydrogens is 332 g/mol. The van der Waals surface area contributed by atoms with E-state index in [4.69, 9.17) is 24.2 Å². The summed E-state index contributed by atoms with van der Waals surface area (Å²) < 4.78 is 15.8. The molecule has 0 amide bonds. The second kappa shape index (κ2) is 8.11. The van der Waals surface area contributed by atoms with Gasteiger partial charge in [0.1, 0.15) is 12.0 Å². The Bertz CT molecular complexity index is 533. The topological polar surface area (TPSA) is 107 Å². The molecule has 0 aromatic heterocycles. The molecule has 0 aromatic carbocycles. The normalized spacial score (nSPS) is 24.5. The van der Waals surface area contributed by atoms with Gasteiger partial charge in [0.25, 0.3) is 5.72 Å². The number of likely N-dealkylation sites (N-methyl/N-ethyl adjacent to an activating group) is 1. The van der Waals surface area contributed by atoms with E-state index in [9.17, 15) is 9.59 Å². The van der Waals surface area contributed by atoms with Crippen molar-refractivity contribution >= 4 is 17.8 Å². The van der Waals surface area contributed by atoms with E-state index in [1.54, 1.807) is 20.9 Å². The fourth-order valence-corrected chi connectivity index (χ4v) is 2.97. The molecule has 1 aliphatic heterocycles. The molecule has 9 nitrogen and oxygen atoms in total. The van der Waals surface area contributed by atoms with Crippen molar-refractivity contribution in [3.63, 3.8) is 0 Å². The average molecular weight is 358 g/mol. The molecule has 2 aliphatic rings. The molecule has 0 saturated heterocycles. The predicted molar refractivity (Wildman–Crippen MR) is 86.5 cm³/mol. The van der Waals surface area contributed by atoms with Gasteiger partial charge in [0, 0.05) is 7.05 Å². The summed E-state index contributed by atoms with van der Waals surface area (Å²) in [6.07, 6.45) is 1.93. The molecule has 1 N–H and O–H groups in total. The maximum absolute atomic E-state index is 12.5. The third-order valence-electron chi connectivity index (χ3n) is 4.19. The van der Waals surface area contributed by atoms with Crippen LogP contribution in [0.25, 0.3) is 0 Å². The quantitative estimate of drug-likeness (QED) is 0.591. The summed E-state index contributed by atoms with van der Waals surface area (Å²) in [7, 11) is 1.60. The second-order valence-corrected chi connectivity index (χ2v) is 5.93. The molecule has 9 heteroatoms. The first-order valence-electron chi connectivity index (χ1n) is 8.54. The predicted octanol–water partition coefficient (Wildman–Crippen LogP) is 0.406. The standard InChI is InChI=1S/C16H26N2O7/c1-4-22-12(20)11-16(14(21)23-5-2)17-13(18(3)25-16)15(7-6-8-15)24-10-9-19/h19H,4-11H2,1-3H3. The van der Waals surface area contributed by atoms with Gasteiger partial charge in [-0.3, -0.25) is 4.79 Å². The Labute approximate surface area is 146 Å². The SMILES string of the molecule is CCOC(=O)CC1(C(=O)OCC)N=C(C2(OCCO)CCC2)N(C)O1. The lowest BCUT2D eigenvalue weighted by Gasteiger charge is -2.42. The molecule has 0 radical (unpaired) electrons. The van der Waals surface area contributed by atoms with Crippen molar-refractivity contribution in [2.45, 2.75) is 50.9 Å². The first-order chi connectivity index (χ1) is 11.9. The summed E-state index contributed by atoms with van der Waals surface area (Å²) in [5.41, 5.74) is -2.53. The summed E-state index contributed by atoms with van der Waals surface area (Å²) in [6, 6.07) is 0. The number of carbonyl (C=O) groups excluding carboxylic acids is 2. The highest BCUT2D eigenvalue weighted by atomic mass is 16.7. The van der Waals surface area contributed by atoms with Crippen LogP contribution >= 0.6 is 0 Å². The number of hydroxylamine groups is 2. The Morgan fingerprint density at radius 2 is 1.96 bits per heavy atom. The van der Waals surface area contributed by atoms with E-state index < -0.39 is 23.3 Å². The number of amidine groups is 1. The van der Waals surface area contributed by atoms with Crippen LogP contribution in [0.3, 0.4) is 0 Å². The molecule has 0 bridgehead atoms. The van der Waals surface area contributed by atoms with Crippen LogP contribution in [-0.4, -0.2) is 72.7 Å². The van der Waals surface area contributed by atoms with Gasteiger partial charge in [-0.15, -0.1) is 0 Å². The molecule has 0 aromatic rings. The van der Waals surface area contributed by atoms with Crippen molar-refractivity contribution in [1.82, 2.24) is 5.06 Å². The van der Waals surface area contributed by atoms with Crippen LogP contribution in [0.2, 0.25) is 0 Å². The van der Waals surface area contributed by atoms with E-state index >= 15 is 0 Å². The Morgan fingerprint density at radius 1 is 1.28 bits per heavy atom. The third-order valence-corrected chi connectivity index (χ3v) is 4.19. The maximum atomic E-state index is 12.5. The summed E-state index contributed by atoms with van der Waals surface area (Å²) in [5.74, 6) is -0.932. The van der Waals surface area contributed by atoms with Crippen LogP contribution in [0, 0.1) is 0 Å². The summed E-state index contributed by atoms with van der Waals surface area (Å²) >= 11 is 0. The summed E-state index contributed by atoms with van der Waals surface area (Å²) in [6.45, 7) is 3.69. The molecule has 1 heterocycles. The first-order valence-corrected chi connectivity index (χ1v) is 8.54. The molecule has 142 valence electrons. The molecule has 1 saturated carbocycles. The van der Waals surface area contributed by atoms with Crippen molar-refractivity contribution in [3.8, 4) is 0 Å². The van der Waals surface area contributed by atoms with Crippen LogP contribution in [0.1, 0.15) is 39.5 Å². The van der Waals surface area contributed by atoms with Crippen LogP contribution < -0.4 is 0 Å². The third kappa shape index (κ3) is 3.94. The fourth-order valence-electron chi connectivity index (χ4n) is 2.97. The molecule has 2 rings (SSSR count). The van der Waals surface area contributed by atoms with Crippen LogP contribution in [0.15, 0.2) is 4.99 Å². The second-order valence-electron chi connectivity index (χ2n) is 5.93. The molecule has 1 atom stereocenters. The van der Waals surface area contributed by atoms with E-state index in [1.165, 1.54) is 5.06 Å². The molecule has 1 fully saturated rings. The highest BCUT2D eigenvalue weighted by Gasteiger charge is 2.56. The Hall–Kier alpha value is -1.71. The van der Waals surface area contributed by atoms with Gasteiger partial charge in [0.2, 0.25) is 0 Å².